The molecule has 2 unspecified atom stereocenters. The van der Waals surface area contributed by atoms with Gasteiger partial charge in [-0.25, -0.2) is 0 Å². The molecule has 1 amide bonds. The molecule has 2 aliphatic rings. The van der Waals surface area contributed by atoms with Crippen LogP contribution in [0.4, 0.5) is 5.82 Å². The Kier molecular flexibility index (Phi) is 2.74. The molecule has 0 bridgehead atoms. The molecule has 0 saturated carbocycles. The number of aromatic nitrogens is 2. The number of nitrogens with zero attached hydrogens (tertiary/aromatic N) is 3. The van der Waals surface area contributed by atoms with Crippen molar-refractivity contribution >= 4 is 11.7 Å². The van der Waals surface area contributed by atoms with E-state index < -0.39 is 0 Å². The minimum absolute atomic E-state index is 0.0978. The zero-order valence-electron chi connectivity index (χ0n) is 10.6. The molecule has 0 spiro atoms. The number of aryl methyl sites for hydroxylation is 1. The van der Waals surface area contributed by atoms with Crippen molar-refractivity contribution in [1.82, 2.24) is 20.0 Å². The maximum atomic E-state index is 12.2. The number of carbonyl (C=O) groups is 1. The minimum atomic E-state index is -0.0978. The van der Waals surface area contributed by atoms with Gasteiger partial charge in [0.2, 0.25) is 0 Å². The summed E-state index contributed by atoms with van der Waals surface area (Å²) in [5.41, 5.74) is 6.29. The van der Waals surface area contributed by atoms with Gasteiger partial charge in [-0.05, 0) is 25.8 Å². The highest BCUT2D eigenvalue weighted by molar-refractivity contribution is 5.98. The van der Waals surface area contributed by atoms with E-state index in [1.165, 1.54) is 30.3 Å². The van der Waals surface area contributed by atoms with Crippen LogP contribution in [-0.2, 0) is 7.05 Å². The van der Waals surface area contributed by atoms with Crippen molar-refractivity contribution in [3.63, 3.8) is 0 Å². The Bertz CT molecular complexity index is 469. The zero-order chi connectivity index (χ0) is 12.7. The smallest absolute Gasteiger partial charge is 0.256 e. The van der Waals surface area contributed by atoms with Crippen molar-refractivity contribution in [3.8, 4) is 0 Å². The molecule has 1 aromatic heterocycles. The van der Waals surface area contributed by atoms with Crippen LogP contribution in [0.25, 0.3) is 0 Å². The van der Waals surface area contributed by atoms with Crippen LogP contribution in [0.3, 0.4) is 0 Å². The zero-order valence-corrected chi connectivity index (χ0v) is 10.6. The number of nitrogen functional groups attached to an aromatic ring is 1. The molecular formula is C12H19N5O. The second-order valence-electron chi connectivity index (χ2n) is 5.18. The lowest BCUT2D eigenvalue weighted by atomic mass is 10.1. The van der Waals surface area contributed by atoms with E-state index in [4.69, 9.17) is 5.73 Å². The molecule has 6 heteroatoms. The van der Waals surface area contributed by atoms with Crippen LogP contribution in [0.5, 0.6) is 0 Å². The molecular weight excluding hydrogens is 230 g/mol. The monoisotopic (exact) mass is 249 g/mol. The molecule has 0 aliphatic carbocycles. The third-order valence-electron chi connectivity index (χ3n) is 4.15. The summed E-state index contributed by atoms with van der Waals surface area (Å²) in [6.45, 7) is 2.27. The van der Waals surface area contributed by atoms with Gasteiger partial charge in [0, 0.05) is 25.7 Å². The van der Waals surface area contributed by atoms with Crippen LogP contribution in [0.2, 0.25) is 0 Å². The Morgan fingerprint density at radius 3 is 3.06 bits per heavy atom. The average molecular weight is 249 g/mol. The Balaban J connectivity index is 1.70. The molecule has 3 rings (SSSR count). The summed E-state index contributed by atoms with van der Waals surface area (Å²) >= 11 is 0. The van der Waals surface area contributed by atoms with E-state index in [2.05, 4.69) is 15.3 Å². The standard InChI is InChI=1S/C12H19N5O/c1-16-11(13)8(7-14-16)12(18)15-9-4-6-17-5-2-3-10(9)17/h7,9-10H,2-6,13H2,1H3,(H,15,18). The van der Waals surface area contributed by atoms with E-state index in [0.717, 1.165) is 13.0 Å². The number of carbonyl (C=O) groups excluding carboxylic acids is 1. The molecule has 18 heavy (non-hydrogen) atoms. The molecule has 6 nitrogen and oxygen atoms in total. The van der Waals surface area contributed by atoms with E-state index in [0.29, 0.717) is 17.4 Å². The quantitative estimate of drug-likeness (QED) is 0.771. The summed E-state index contributed by atoms with van der Waals surface area (Å²) in [4.78, 5) is 14.6. The molecule has 2 saturated heterocycles. The number of hydrogen-bond donors (Lipinski definition) is 2. The number of nitrogens with one attached hydrogen (secondary N) is 1. The van der Waals surface area contributed by atoms with Gasteiger partial charge in [-0.1, -0.05) is 0 Å². The van der Waals surface area contributed by atoms with Gasteiger partial charge in [0.05, 0.1) is 6.20 Å². The SMILES string of the molecule is Cn1ncc(C(=O)NC2CCN3CCCC23)c1N. The summed E-state index contributed by atoms with van der Waals surface area (Å²) in [6, 6.07) is 0.784. The molecule has 2 fully saturated rings. The predicted octanol–water partition coefficient (Wildman–Crippen LogP) is -0.0312. The first-order valence-corrected chi connectivity index (χ1v) is 6.49. The fourth-order valence-electron chi connectivity index (χ4n) is 3.12. The molecule has 0 aromatic carbocycles. The van der Waals surface area contributed by atoms with Gasteiger partial charge in [0.15, 0.2) is 0 Å². The van der Waals surface area contributed by atoms with E-state index in [-0.39, 0.29) is 11.9 Å². The molecule has 3 N–H and O–H groups in total. The first-order valence-electron chi connectivity index (χ1n) is 6.49. The lowest BCUT2D eigenvalue weighted by Crippen LogP contribution is -2.42. The maximum Gasteiger partial charge on any atom is 0.256 e. The van der Waals surface area contributed by atoms with Gasteiger partial charge in [-0.15, -0.1) is 0 Å². The summed E-state index contributed by atoms with van der Waals surface area (Å²) in [7, 11) is 1.74. The number of nitrogens with two attached hydrogens (primary N) is 1. The van der Waals surface area contributed by atoms with Gasteiger partial charge in [-0.2, -0.15) is 5.10 Å². The largest absolute Gasteiger partial charge is 0.383 e. The van der Waals surface area contributed by atoms with Crippen molar-refractivity contribution < 1.29 is 4.79 Å². The Labute approximate surface area is 106 Å². The van der Waals surface area contributed by atoms with Gasteiger partial charge in [0.25, 0.3) is 5.91 Å². The normalized spacial score (nSPS) is 27.4. The van der Waals surface area contributed by atoms with Crippen molar-refractivity contribution in [2.75, 3.05) is 18.8 Å². The van der Waals surface area contributed by atoms with Crippen LogP contribution in [0, 0.1) is 0 Å². The Morgan fingerprint density at radius 2 is 2.33 bits per heavy atom. The topological polar surface area (TPSA) is 76.2 Å². The summed E-state index contributed by atoms with van der Waals surface area (Å²) < 4.78 is 1.52. The minimum Gasteiger partial charge on any atom is -0.383 e. The first-order chi connectivity index (χ1) is 8.66. The number of fused-ring (bicyclic) bond motifs is 1. The number of hydrogen-bond acceptors (Lipinski definition) is 4. The molecule has 2 atom stereocenters. The van der Waals surface area contributed by atoms with Gasteiger partial charge < -0.3 is 11.1 Å². The second-order valence-corrected chi connectivity index (χ2v) is 5.18. The number of rotatable bonds is 2. The summed E-state index contributed by atoms with van der Waals surface area (Å²) in [5, 5.41) is 7.11. The summed E-state index contributed by atoms with van der Waals surface area (Å²) in [5.74, 6) is 0.327. The predicted molar refractivity (Wildman–Crippen MR) is 68.1 cm³/mol. The highest BCUT2D eigenvalue weighted by Crippen LogP contribution is 2.28. The Hall–Kier alpha value is -1.56. The van der Waals surface area contributed by atoms with Gasteiger partial charge in [0.1, 0.15) is 11.4 Å². The van der Waals surface area contributed by atoms with Crippen molar-refractivity contribution in [2.45, 2.75) is 31.3 Å². The lowest BCUT2D eigenvalue weighted by Gasteiger charge is -2.21. The maximum absolute atomic E-state index is 12.2. The molecule has 0 radical (unpaired) electrons. The molecule has 1 aromatic rings. The van der Waals surface area contributed by atoms with E-state index in [9.17, 15) is 4.79 Å². The molecule has 98 valence electrons. The van der Waals surface area contributed by atoms with Crippen LogP contribution >= 0.6 is 0 Å². The van der Waals surface area contributed by atoms with E-state index >= 15 is 0 Å². The molecule has 3 heterocycles. The fourth-order valence-corrected chi connectivity index (χ4v) is 3.12. The summed E-state index contributed by atoms with van der Waals surface area (Å²) in [6.07, 6.45) is 5.00. The van der Waals surface area contributed by atoms with Crippen molar-refractivity contribution in [1.29, 1.82) is 0 Å². The Morgan fingerprint density at radius 1 is 1.50 bits per heavy atom. The third-order valence-corrected chi connectivity index (χ3v) is 4.15. The number of anilines is 1. The van der Waals surface area contributed by atoms with E-state index in [1.807, 2.05) is 0 Å². The fraction of sp³-hybridized carbons (Fsp3) is 0.667. The van der Waals surface area contributed by atoms with Crippen molar-refractivity contribution in [2.24, 2.45) is 7.05 Å². The average Bonchev–Trinajstić information content (AvgIpc) is 3.00. The van der Waals surface area contributed by atoms with Crippen molar-refractivity contribution in [3.05, 3.63) is 11.8 Å². The number of amides is 1. The van der Waals surface area contributed by atoms with Gasteiger partial charge >= 0.3 is 0 Å². The van der Waals surface area contributed by atoms with E-state index in [1.54, 1.807) is 7.05 Å². The molecule has 2 aliphatic heterocycles. The van der Waals surface area contributed by atoms with Crippen LogP contribution in [-0.4, -0.2) is 45.8 Å². The lowest BCUT2D eigenvalue weighted by molar-refractivity contribution is 0.0930. The second kappa shape index (κ2) is 4.28. The third kappa shape index (κ3) is 1.77. The highest BCUT2D eigenvalue weighted by atomic mass is 16.1. The van der Waals surface area contributed by atoms with Crippen LogP contribution in [0.1, 0.15) is 29.6 Å². The van der Waals surface area contributed by atoms with Gasteiger partial charge in [-0.3, -0.25) is 14.4 Å². The van der Waals surface area contributed by atoms with Crippen LogP contribution < -0.4 is 11.1 Å². The first kappa shape index (κ1) is 11.5. The van der Waals surface area contributed by atoms with Crippen LogP contribution in [0.15, 0.2) is 6.20 Å². The highest BCUT2D eigenvalue weighted by Gasteiger charge is 2.38.